The lowest BCUT2D eigenvalue weighted by Crippen LogP contribution is -2.55. The number of carboxylic acid groups (broad SMARTS) is 1. The molecule has 0 spiro atoms. The van der Waals surface area contributed by atoms with Gasteiger partial charge in [-0.25, -0.2) is 0 Å². The number of hydrogen-bond donors (Lipinski definition) is 5. The molecule has 0 aromatic heterocycles. The summed E-state index contributed by atoms with van der Waals surface area (Å²) in [4.78, 5) is 74.8. The SMILES string of the molecule is CSCCC(NC(=O)CNC(=O)C(CC(C)C)NC(=O)C1CCCN1C(C)=O)C(=O)NC(C)C(=O)O. The van der Waals surface area contributed by atoms with Gasteiger partial charge in [0.05, 0.1) is 6.54 Å². The monoisotopic (exact) mass is 529 g/mol. The van der Waals surface area contributed by atoms with E-state index < -0.39 is 60.3 Å². The summed E-state index contributed by atoms with van der Waals surface area (Å²) in [6, 6.07) is -3.61. The molecule has 1 heterocycles. The zero-order chi connectivity index (χ0) is 27.4. The normalized spacial score (nSPS) is 17.6. The fraction of sp³-hybridized carbons (Fsp3) is 0.739. The van der Waals surface area contributed by atoms with Crippen molar-refractivity contribution in [2.24, 2.45) is 5.92 Å². The topological polar surface area (TPSA) is 174 Å². The van der Waals surface area contributed by atoms with Gasteiger partial charge in [-0.05, 0) is 50.5 Å². The largest absolute Gasteiger partial charge is 0.480 e. The lowest BCUT2D eigenvalue weighted by atomic mass is 10.0. The van der Waals surface area contributed by atoms with Crippen molar-refractivity contribution in [3.05, 3.63) is 0 Å². The van der Waals surface area contributed by atoms with E-state index in [0.29, 0.717) is 31.6 Å². The second-order valence-corrected chi connectivity index (χ2v) is 10.2. The molecule has 5 amide bonds. The summed E-state index contributed by atoms with van der Waals surface area (Å²) in [5, 5.41) is 19.1. The van der Waals surface area contributed by atoms with E-state index >= 15 is 0 Å². The third-order valence-corrected chi connectivity index (χ3v) is 6.36. The first-order valence-corrected chi connectivity index (χ1v) is 13.4. The number of amides is 5. The molecule has 0 saturated carbocycles. The molecule has 4 unspecified atom stereocenters. The van der Waals surface area contributed by atoms with E-state index in [9.17, 15) is 28.8 Å². The molecule has 1 rings (SSSR count). The van der Waals surface area contributed by atoms with Crippen molar-refractivity contribution in [1.82, 2.24) is 26.2 Å². The smallest absolute Gasteiger partial charge is 0.325 e. The number of carbonyl (C=O) groups excluding carboxylic acids is 5. The highest BCUT2D eigenvalue weighted by Crippen LogP contribution is 2.18. The molecular weight excluding hydrogens is 490 g/mol. The second kappa shape index (κ2) is 15.3. The van der Waals surface area contributed by atoms with Crippen LogP contribution in [0, 0.1) is 5.92 Å². The number of carboxylic acids is 1. The molecule has 0 aromatic rings. The standard InChI is InChI=1S/C23H39N5O7S/c1-13(2)11-17(27-22(33)18-7-6-9-28(18)15(4)29)20(31)24-12-19(30)26-16(8-10-36-5)21(32)25-14(3)23(34)35/h13-14,16-18H,6-12H2,1-5H3,(H,24,31)(H,25,32)(H,26,30)(H,27,33)(H,34,35). The van der Waals surface area contributed by atoms with Crippen LogP contribution in [-0.2, 0) is 28.8 Å². The van der Waals surface area contributed by atoms with E-state index in [1.54, 1.807) is 0 Å². The first kappa shape index (κ1) is 31.2. The van der Waals surface area contributed by atoms with Crippen LogP contribution in [0.3, 0.4) is 0 Å². The van der Waals surface area contributed by atoms with Gasteiger partial charge in [-0.3, -0.25) is 28.8 Å². The highest BCUT2D eigenvalue weighted by Gasteiger charge is 2.34. The Hall–Kier alpha value is -2.83. The van der Waals surface area contributed by atoms with Gasteiger partial charge in [-0.15, -0.1) is 0 Å². The van der Waals surface area contributed by atoms with Crippen LogP contribution in [0.5, 0.6) is 0 Å². The molecule has 1 fully saturated rings. The van der Waals surface area contributed by atoms with Gasteiger partial charge >= 0.3 is 5.97 Å². The molecule has 1 aliphatic rings. The van der Waals surface area contributed by atoms with Crippen LogP contribution >= 0.6 is 11.8 Å². The molecule has 0 aliphatic carbocycles. The van der Waals surface area contributed by atoms with Gasteiger partial charge in [0.15, 0.2) is 0 Å². The predicted octanol–water partition coefficient (Wildman–Crippen LogP) is -0.528. The van der Waals surface area contributed by atoms with Gasteiger partial charge in [0.2, 0.25) is 29.5 Å². The average Bonchev–Trinajstić information content (AvgIpc) is 3.29. The summed E-state index contributed by atoms with van der Waals surface area (Å²) < 4.78 is 0. The van der Waals surface area contributed by atoms with E-state index in [1.807, 2.05) is 20.1 Å². The molecule has 0 aromatic carbocycles. The maximum absolute atomic E-state index is 12.8. The summed E-state index contributed by atoms with van der Waals surface area (Å²) in [5.74, 6) is -3.00. The quantitative estimate of drug-likeness (QED) is 0.200. The van der Waals surface area contributed by atoms with Crippen LogP contribution in [0.1, 0.15) is 53.4 Å². The van der Waals surface area contributed by atoms with Crippen LogP contribution < -0.4 is 21.3 Å². The summed E-state index contributed by atoms with van der Waals surface area (Å²) in [7, 11) is 0. The maximum atomic E-state index is 12.8. The zero-order valence-corrected chi connectivity index (χ0v) is 22.4. The van der Waals surface area contributed by atoms with Gasteiger partial charge < -0.3 is 31.3 Å². The predicted molar refractivity (Wildman–Crippen MR) is 135 cm³/mol. The minimum absolute atomic E-state index is 0.0678. The Morgan fingerprint density at radius 1 is 1.00 bits per heavy atom. The van der Waals surface area contributed by atoms with Crippen LogP contribution in [-0.4, -0.2) is 94.8 Å². The van der Waals surface area contributed by atoms with Crippen molar-refractivity contribution >= 4 is 47.3 Å². The van der Waals surface area contributed by atoms with E-state index in [1.165, 1.54) is 30.5 Å². The molecule has 12 nitrogen and oxygen atoms in total. The molecule has 204 valence electrons. The van der Waals surface area contributed by atoms with Crippen LogP contribution in [0.4, 0.5) is 0 Å². The lowest BCUT2D eigenvalue weighted by molar-refractivity contribution is -0.141. The average molecular weight is 530 g/mol. The zero-order valence-electron chi connectivity index (χ0n) is 21.6. The number of carbonyl (C=O) groups is 6. The van der Waals surface area contributed by atoms with E-state index in [2.05, 4.69) is 21.3 Å². The third-order valence-electron chi connectivity index (χ3n) is 5.71. The van der Waals surface area contributed by atoms with Crippen molar-refractivity contribution in [3.8, 4) is 0 Å². The van der Waals surface area contributed by atoms with Crippen molar-refractivity contribution in [1.29, 1.82) is 0 Å². The van der Waals surface area contributed by atoms with Crippen LogP contribution in [0.15, 0.2) is 0 Å². The molecule has 1 aliphatic heterocycles. The Morgan fingerprint density at radius 2 is 1.67 bits per heavy atom. The summed E-state index contributed by atoms with van der Waals surface area (Å²) in [6.45, 7) is 6.57. The van der Waals surface area contributed by atoms with Crippen LogP contribution in [0.2, 0.25) is 0 Å². The minimum atomic E-state index is -1.20. The number of thioether (sulfide) groups is 1. The highest BCUT2D eigenvalue weighted by molar-refractivity contribution is 7.98. The highest BCUT2D eigenvalue weighted by atomic mass is 32.2. The Labute approximate surface area is 216 Å². The van der Waals surface area contributed by atoms with E-state index in [-0.39, 0.29) is 18.2 Å². The summed E-state index contributed by atoms with van der Waals surface area (Å²) in [5.41, 5.74) is 0. The first-order valence-electron chi connectivity index (χ1n) is 12.0. The fourth-order valence-corrected chi connectivity index (χ4v) is 4.27. The molecular formula is C23H39N5O7S. The van der Waals surface area contributed by atoms with Gasteiger partial charge in [-0.2, -0.15) is 11.8 Å². The minimum Gasteiger partial charge on any atom is -0.480 e. The number of hydrogen-bond acceptors (Lipinski definition) is 7. The molecule has 1 saturated heterocycles. The molecule has 13 heteroatoms. The molecule has 0 bridgehead atoms. The Bertz CT molecular complexity index is 823. The van der Waals surface area contributed by atoms with Crippen molar-refractivity contribution in [2.45, 2.75) is 77.5 Å². The molecule has 4 atom stereocenters. The van der Waals surface area contributed by atoms with E-state index in [4.69, 9.17) is 5.11 Å². The van der Waals surface area contributed by atoms with Gasteiger partial charge in [-0.1, -0.05) is 13.8 Å². The first-order chi connectivity index (χ1) is 16.9. The fourth-order valence-electron chi connectivity index (χ4n) is 3.80. The maximum Gasteiger partial charge on any atom is 0.325 e. The van der Waals surface area contributed by atoms with Gasteiger partial charge in [0.25, 0.3) is 0 Å². The number of nitrogens with one attached hydrogen (secondary N) is 4. The molecule has 36 heavy (non-hydrogen) atoms. The van der Waals surface area contributed by atoms with Gasteiger partial charge in [0, 0.05) is 13.5 Å². The number of likely N-dealkylation sites (tertiary alicyclic amines) is 1. The van der Waals surface area contributed by atoms with E-state index in [0.717, 1.165) is 0 Å². The van der Waals surface area contributed by atoms with Crippen LogP contribution in [0.25, 0.3) is 0 Å². The number of aliphatic carboxylic acids is 1. The number of nitrogens with zero attached hydrogens (tertiary/aromatic N) is 1. The summed E-state index contributed by atoms with van der Waals surface area (Å²) >= 11 is 1.46. The Kier molecular flexibility index (Phi) is 13.3. The molecule has 0 radical (unpaired) electrons. The van der Waals surface area contributed by atoms with Crippen molar-refractivity contribution < 1.29 is 33.9 Å². The molecule has 5 N–H and O–H groups in total. The van der Waals surface area contributed by atoms with Gasteiger partial charge in [0.1, 0.15) is 24.2 Å². The number of rotatable bonds is 14. The Balaban J connectivity index is 2.74. The second-order valence-electron chi connectivity index (χ2n) is 9.25. The summed E-state index contributed by atoms with van der Waals surface area (Å²) in [6.07, 6.45) is 3.66. The van der Waals surface area contributed by atoms with Crippen molar-refractivity contribution in [3.63, 3.8) is 0 Å². The van der Waals surface area contributed by atoms with Crippen molar-refractivity contribution in [2.75, 3.05) is 25.1 Å². The Morgan fingerprint density at radius 3 is 2.22 bits per heavy atom. The third kappa shape index (κ3) is 10.4. The lowest BCUT2D eigenvalue weighted by Gasteiger charge is -2.26.